The van der Waals surface area contributed by atoms with Crippen LogP contribution in [0.4, 0.5) is 0 Å². The number of hydrogen-bond donors (Lipinski definition) is 3. The van der Waals surface area contributed by atoms with Crippen LogP contribution < -0.4 is 9.26 Å². The van der Waals surface area contributed by atoms with E-state index in [0.29, 0.717) is 12.5 Å². The summed E-state index contributed by atoms with van der Waals surface area (Å²) in [4.78, 5) is 11.1. The third kappa shape index (κ3) is 1.95. The van der Waals surface area contributed by atoms with Crippen molar-refractivity contribution in [2.45, 2.75) is 24.8 Å². The van der Waals surface area contributed by atoms with E-state index in [2.05, 4.69) is 32.5 Å². The normalized spacial score (nSPS) is 41.2. The van der Waals surface area contributed by atoms with E-state index in [0.717, 1.165) is 26.1 Å². The van der Waals surface area contributed by atoms with Crippen molar-refractivity contribution in [1.82, 2.24) is 3.53 Å². The Labute approximate surface area is 126 Å². The summed E-state index contributed by atoms with van der Waals surface area (Å²) < 4.78 is 8.67. The van der Waals surface area contributed by atoms with Crippen molar-refractivity contribution in [3.8, 4) is 0 Å². The largest absolute Gasteiger partial charge is 0.481 e. The highest BCUT2D eigenvalue weighted by Crippen LogP contribution is 2.63. The van der Waals surface area contributed by atoms with E-state index in [1.807, 2.05) is 0 Å². The number of halogens is 1. The van der Waals surface area contributed by atoms with Crippen LogP contribution in [0.1, 0.15) is 19.3 Å². The molecule has 6 heteroatoms. The minimum Gasteiger partial charge on any atom is -0.481 e. The molecule has 0 spiro atoms. The Kier molecular flexibility index (Phi) is 3.40. The molecular weight excluding hydrogens is 359 g/mol. The average Bonchev–Trinajstić information content (AvgIpc) is 2.59. The van der Waals surface area contributed by atoms with Crippen molar-refractivity contribution in [2.75, 3.05) is 19.8 Å². The van der Waals surface area contributed by atoms with Gasteiger partial charge in [-0.1, -0.05) is 11.6 Å². The van der Waals surface area contributed by atoms with E-state index in [1.54, 1.807) is 0 Å². The van der Waals surface area contributed by atoms with Crippen molar-refractivity contribution in [3.63, 3.8) is 0 Å². The number of aliphatic carboxylic acids is 1. The van der Waals surface area contributed by atoms with Gasteiger partial charge in [0.1, 0.15) is 0 Å². The molecule has 1 aliphatic heterocycles. The number of ether oxygens (including phenoxy) is 1. The van der Waals surface area contributed by atoms with Gasteiger partial charge in [-0.2, -0.15) is 0 Å². The predicted octanol–water partition coefficient (Wildman–Crippen LogP) is 1.08. The van der Waals surface area contributed by atoms with Crippen molar-refractivity contribution in [2.24, 2.45) is 23.0 Å². The van der Waals surface area contributed by atoms with Gasteiger partial charge in [0, 0.05) is 45.7 Å². The monoisotopic (exact) mass is 378 g/mol. The molecule has 4 N–H and O–H groups in total. The van der Waals surface area contributed by atoms with Crippen molar-refractivity contribution in [1.29, 1.82) is 0 Å². The van der Waals surface area contributed by atoms with Gasteiger partial charge in [-0.3, -0.25) is 8.32 Å². The molecule has 5 nitrogen and oxygen atoms in total. The van der Waals surface area contributed by atoms with Crippen molar-refractivity contribution >= 4 is 28.8 Å². The number of carboxylic acids is 1. The molecule has 3 aliphatic rings. The third-order valence-electron chi connectivity index (χ3n) is 5.08. The third-order valence-corrected chi connectivity index (χ3v) is 6.16. The van der Waals surface area contributed by atoms with E-state index in [1.165, 1.54) is 5.57 Å². The van der Waals surface area contributed by atoms with E-state index < -0.39 is 5.97 Å². The zero-order chi connectivity index (χ0) is 13.7. The van der Waals surface area contributed by atoms with Crippen LogP contribution in [0.15, 0.2) is 11.6 Å². The number of hydrogen-bond acceptors (Lipinski definition) is 4. The Morgan fingerprint density at radius 3 is 2.84 bits per heavy atom. The summed E-state index contributed by atoms with van der Waals surface area (Å²) in [7, 11) is 0. The number of nitrogens with one attached hydrogen (secondary N) is 1. The second-order valence-electron chi connectivity index (χ2n) is 6.19. The Hall–Kier alpha value is -0.180. The summed E-state index contributed by atoms with van der Waals surface area (Å²) in [6.07, 6.45) is 4.32. The van der Waals surface area contributed by atoms with Crippen LogP contribution in [0.2, 0.25) is 0 Å². The number of carbonyl (C=O) groups is 1. The first-order valence-corrected chi connectivity index (χ1v) is 7.71. The lowest BCUT2D eigenvalue weighted by Crippen LogP contribution is -2.66. The first kappa shape index (κ1) is 13.8. The van der Waals surface area contributed by atoms with Gasteiger partial charge in [0.25, 0.3) is 0 Å². The molecule has 0 aromatic rings. The maximum absolute atomic E-state index is 11.1. The fourth-order valence-corrected chi connectivity index (χ4v) is 4.77. The minimum atomic E-state index is -0.749. The molecule has 3 rings (SSSR count). The van der Waals surface area contributed by atoms with Gasteiger partial charge in [0.05, 0.1) is 19.6 Å². The molecule has 3 atom stereocenters. The van der Waals surface area contributed by atoms with Gasteiger partial charge in [-0.05, 0) is 19.4 Å². The molecule has 2 fully saturated rings. The number of carboxylic acid groups (broad SMARTS) is 1. The van der Waals surface area contributed by atoms with Gasteiger partial charge in [-0.15, -0.1) is 0 Å². The van der Waals surface area contributed by atoms with Crippen LogP contribution in [-0.4, -0.2) is 36.4 Å². The van der Waals surface area contributed by atoms with Crippen LogP contribution in [0, 0.1) is 17.3 Å². The Morgan fingerprint density at radius 1 is 1.63 bits per heavy atom. The van der Waals surface area contributed by atoms with Crippen molar-refractivity contribution in [3.05, 3.63) is 11.6 Å². The van der Waals surface area contributed by atoms with Gasteiger partial charge in [0.2, 0.25) is 0 Å². The van der Waals surface area contributed by atoms with E-state index in [4.69, 9.17) is 15.6 Å². The molecule has 19 heavy (non-hydrogen) atoms. The van der Waals surface area contributed by atoms with Crippen LogP contribution in [0.3, 0.4) is 0 Å². The fraction of sp³-hybridized carbons (Fsp3) is 0.769. The molecule has 1 saturated heterocycles. The number of fused-ring (bicyclic) bond motifs is 1. The van der Waals surface area contributed by atoms with E-state index >= 15 is 0 Å². The van der Waals surface area contributed by atoms with E-state index in [9.17, 15) is 4.79 Å². The summed E-state index contributed by atoms with van der Waals surface area (Å²) in [5.74, 6) is 0.0301. The number of nitrogens with two attached hydrogens (primary N) is 1. The lowest BCUT2D eigenvalue weighted by Gasteiger charge is -2.59. The summed E-state index contributed by atoms with van der Waals surface area (Å²) in [6.45, 7) is 2.06. The maximum atomic E-state index is 11.1. The number of rotatable bonds is 5. The standard InChI is InChI=1S/C13H19IN2O3/c14-16-13-2-8(9-4-19-5-9)1-10(13)12(6-13,7-15)3-11(17)18/h1,9-10,16H,2-7,15H2,(H,17,18)/t10-,12-,13-/m0/s1. The zero-order valence-electron chi connectivity index (χ0n) is 10.7. The lowest BCUT2D eigenvalue weighted by molar-refractivity contribution is -0.145. The average molecular weight is 378 g/mol. The smallest absolute Gasteiger partial charge is 0.303 e. The molecule has 0 amide bonds. The molecule has 0 radical (unpaired) electrons. The van der Waals surface area contributed by atoms with Crippen LogP contribution in [0.5, 0.6) is 0 Å². The van der Waals surface area contributed by atoms with Gasteiger partial charge >= 0.3 is 5.97 Å². The maximum Gasteiger partial charge on any atom is 0.303 e. The molecule has 2 aliphatic carbocycles. The molecule has 0 unspecified atom stereocenters. The van der Waals surface area contributed by atoms with Gasteiger partial charge in [-0.25, -0.2) is 0 Å². The summed E-state index contributed by atoms with van der Waals surface area (Å²) in [6, 6.07) is 0. The Balaban J connectivity index is 1.84. The molecule has 1 saturated carbocycles. The minimum absolute atomic E-state index is 0.0281. The molecule has 1 heterocycles. The van der Waals surface area contributed by atoms with Crippen LogP contribution in [0.25, 0.3) is 0 Å². The highest BCUT2D eigenvalue weighted by molar-refractivity contribution is 14.1. The Morgan fingerprint density at radius 2 is 2.37 bits per heavy atom. The lowest BCUT2D eigenvalue weighted by atomic mass is 9.49. The zero-order valence-corrected chi connectivity index (χ0v) is 12.9. The van der Waals surface area contributed by atoms with Gasteiger partial charge in [0.15, 0.2) is 0 Å². The summed E-state index contributed by atoms with van der Waals surface area (Å²) >= 11 is 2.20. The highest BCUT2D eigenvalue weighted by atomic mass is 127. The molecule has 106 valence electrons. The van der Waals surface area contributed by atoms with Crippen LogP contribution in [-0.2, 0) is 9.53 Å². The Bertz CT molecular complexity index is 438. The molecule has 0 aromatic carbocycles. The molecular formula is C13H19IN2O3. The SMILES string of the molecule is NC[C@]1(CC(=O)O)C[C@@]2(NI)CC(C3COC3)=C[C@@H]12. The first-order valence-electron chi connectivity index (χ1n) is 6.63. The first-order chi connectivity index (χ1) is 9.05. The fourth-order valence-electron chi connectivity index (χ4n) is 4.05. The second kappa shape index (κ2) is 4.68. The topological polar surface area (TPSA) is 84.6 Å². The van der Waals surface area contributed by atoms with E-state index in [-0.39, 0.29) is 23.3 Å². The quantitative estimate of drug-likeness (QED) is 0.379. The van der Waals surface area contributed by atoms with Gasteiger partial charge < -0.3 is 15.6 Å². The van der Waals surface area contributed by atoms with Crippen LogP contribution >= 0.6 is 22.9 Å². The summed E-state index contributed by atoms with van der Waals surface area (Å²) in [5, 5.41) is 9.14. The summed E-state index contributed by atoms with van der Waals surface area (Å²) in [5.41, 5.74) is 7.10. The van der Waals surface area contributed by atoms with Crippen molar-refractivity contribution < 1.29 is 14.6 Å². The molecule has 0 aromatic heterocycles. The predicted molar refractivity (Wildman–Crippen MR) is 78.7 cm³/mol. The second-order valence-corrected chi connectivity index (χ2v) is 6.73. The molecule has 0 bridgehead atoms. The highest BCUT2D eigenvalue weighted by Gasteiger charge is 2.64.